The number of carbonyl (C=O) groups is 1. The molecule has 3 nitrogen and oxygen atoms in total. The molecule has 2 N–H and O–H groups in total. The predicted molar refractivity (Wildman–Crippen MR) is 69.9 cm³/mol. The number of hydrogen-bond acceptors (Lipinski definition) is 3. The monoisotopic (exact) mass is 270 g/mol. The van der Waals surface area contributed by atoms with Gasteiger partial charge >= 0.3 is 0 Å². The van der Waals surface area contributed by atoms with Crippen molar-refractivity contribution in [1.29, 1.82) is 0 Å². The van der Waals surface area contributed by atoms with Crippen LogP contribution in [0.5, 0.6) is 0 Å². The standard InChI is InChI=1S/C12H15ClN2OS/c1-6-4-10(17-11(6)13)12(16)15-9-5-7-2-3-8(9)14-7/h4,7-9,14H,2-3,5H2,1H3,(H,15,16). The van der Waals surface area contributed by atoms with Crippen molar-refractivity contribution in [3.63, 3.8) is 0 Å². The molecule has 1 amide bonds. The fourth-order valence-electron chi connectivity index (χ4n) is 2.79. The summed E-state index contributed by atoms with van der Waals surface area (Å²) in [4.78, 5) is 12.8. The first-order chi connectivity index (χ1) is 8.13. The molecule has 3 rings (SSSR count). The van der Waals surface area contributed by atoms with Crippen LogP contribution in [0.1, 0.15) is 34.5 Å². The Morgan fingerprint density at radius 1 is 1.59 bits per heavy atom. The van der Waals surface area contributed by atoms with Gasteiger partial charge in [-0.05, 0) is 37.8 Å². The van der Waals surface area contributed by atoms with Gasteiger partial charge in [0.05, 0.1) is 9.21 Å². The number of rotatable bonds is 2. The number of halogens is 1. The highest BCUT2D eigenvalue weighted by Crippen LogP contribution is 2.30. The van der Waals surface area contributed by atoms with E-state index in [9.17, 15) is 4.79 Å². The Morgan fingerprint density at radius 2 is 2.41 bits per heavy atom. The quantitative estimate of drug-likeness (QED) is 0.866. The molecule has 2 aliphatic heterocycles. The number of fused-ring (bicyclic) bond motifs is 2. The van der Waals surface area contributed by atoms with Crippen molar-refractivity contribution in [3.05, 3.63) is 20.8 Å². The second-order valence-electron chi connectivity index (χ2n) is 4.93. The van der Waals surface area contributed by atoms with Crippen LogP contribution in [0.25, 0.3) is 0 Å². The van der Waals surface area contributed by atoms with E-state index in [2.05, 4.69) is 10.6 Å². The van der Waals surface area contributed by atoms with E-state index >= 15 is 0 Å². The average Bonchev–Trinajstić information content (AvgIpc) is 2.95. The molecule has 92 valence electrons. The lowest BCUT2D eigenvalue weighted by Gasteiger charge is -2.20. The molecule has 0 spiro atoms. The molecular weight excluding hydrogens is 256 g/mol. The molecule has 0 aromatic carbocycles. The maximum absolute atomic E-state index is 12.1. The molecular formula is C12H15ClN2OS. The van der Waals surface area contributed by atoms with Crippen LogP contribution in [0.2, 0.25) is 4.34 Å². The number of nitrogens with one attached hydrogen (secondary N) is 2. The normalized spacial score (nSPS) is 30.8. The molecule has 1 aromatic heterocycles. The van der Waals surface area contributed by atoms with Gasteiger partial charge in [-0.3, -0.25) is 4.79 Å². The Labute approximate surface area is 110 Å². The molecule has 3 unspecified atom stereocenters. The highest BCUT2D eigenvalue weighted by Gasteiger charge is 2.39. The highest BCUT2D eigenvalue weighted by molar-refractivity contribution is 7.18. The number of hydrogen-bond donors (Lipinski definition) is 2. The van der Waals surface area contributed by atoms with Crippen molar-refractivity contribution in [2.24, 2.45) is 0 Å². The van der Waals surface area contributed by atoms with E-state index in [1.165, 1.54) is 24.2 Å². The molecule has 0 saturated carbocycles. The van der Waals surface area contributed by atoms with Crippen LogP contribution >= 0.6 is 22.9 Å². The summed E-state index contributed by atoms with van der Waals surface area (Å²) in [5, 5.41) is 6.63. The SMILES string of the molecule is Cc1cc(C(=O)NC2CC3CCC2N3)sc1Cl. The van der Waals surface area contributed by atoms with Crippen molar-refractivity contribution in [2.75, 3.05) is 0 Å². The van der Waals surface area contributed by atoms with Crippen LogP contribution in [-0.4, -0.2) is 24.0 Å². The van der Waals surface area contributed by atoms with Crippen molar-refractivity contribution >= 4 is 28.8 Å². The molecule has 2 aliphatic rings. The van der Waals surface area contributed by atoms with Crippen molar-refractivity contribution in [1.82, 2.24) is 10.6 Å². The van der Waals surface area contributed by atoms with Gasteiger partial charge in [-0.2, -0.15) is 0 Å². The lowest BCUT2D eigenvalue weighted by Crippen LogP contribution is -2.42. The molecule has 0 aliphatic carbocycles. The minimum Gasteiger partial charge on any atom is -0.347 e. The summed E-state index contributed by atoms with van der Waals surface area (Å²) in [6, 6.07) is 3.24. The molecule has 1 aromatic rings. The summed E-state index contributed by atoms with van der Waals surface area (Å²) in [5.74, 6) is 0.0179. The molecule has 5 heteroatoms. The lowest BCUT2D eigenvalue weighted by atomic mass is 9.95. The topological polar surface area (TPSA) is 41.1 Å². The summed E-state index contributed by atoms with van der Waals surface area (Å²) in [7, 11) is 0. The summed E-state index contributed by atoms with van der Waals surface area (Å²) < 4.78 is 0.709. The Kier molecular flexibility index (Phi) is 2.89. The third-order valence-electron chi connectivity index (χ3n) is 3.70. The third kappa shape index (κ3) is 2.09. The first-order valence-electron chi connectivity index (χ1n) is 5.96. The Hall–Kier alpha value is -0.580. The smallest absolute Gasteiger partial charge is 0.261 e. The van der Waals surface area contributed by atoms with E-state index in [0.29, 0.717) is 22.5 Å². The number of aryl methyl sites for hydroxylation is 1. The van der Waals surface area contributed by atoms with Crippen molar-refractivity contribution in [2.45, 2.75) is 44.3 Å². The first kappa shape index (κ1) is 11.5. The Balaban J connectivity index is 1.67. The first-order valence-corrected chi connectivity index (χ1v) is 7.16. The summed E-state index contributed by atoms with van der Waals surface area (Å²) in [6.45, 7) is 1.93. The summed E-state index contributed by atoms with van der Waals surface area (Å²) in [6.07, 6.45) is 3.50. The van der Waals surface area contributed by atoms with Gasteiger partial charge in [-0.1, -0.05) is 11.6 Å². The van der Waals surface area contributed by atoms with Crippen LogP contribution in [0.4, 0.5) is 0 Å². The Morgan fingerprint density at radius 3 is 2.94 bits per heavy atom. The van der Waals surface area contributed by atoms with Crippen LogP contribution in [0.3, 0.4) is 0 Å². The van der Waals surface area contributed by atoms with Gasteiger partial charge < -0.3 is 10.6 Å². The van der Waals surface area contributed by atoms with Crippen LogP contribution < -0.4 is 10.6 Å². The van der Waals surface area contributed by atoms with Gasteiger partial charge in [0.15, 0.2) is 0 Å². The predicted octanol–water partition coefficient (Wildman–Crippen LogP) is 2.33. The Bertz CT molecular complexity index is 440. The molecule has 3 atom stereocenters. The van der Waals surface area contributed by atoms with Gasteiger partial charge in [0.2, 0.25) is 0 Å². The molecule has 17 heavy (non-hydrogen) atoms. The number of carbonyl (C=O) groups excluding carboxylic acids is 1. The van der Waals surface area contributed by atoms with Crippen LogP contribution in [-0.2, 0) is 0 Å². The largest absolute Gasteiger partial charge is 0.347 e. The fourth-order valence-corrected chi connectivity index (χ4v) is 3.90. The van der Waals surface area contributed by atoms with E-state index in [0.717, 1.165) is 16.9 Å². The van der Waals surface area contributed by atoms with Crippen LogP contribution in [0, 0.1) is 6.92 Å². The molecule has 2 saturated heterocycles. The minimum atomic E-state index is 0.0179. The maximum atomic E-state index is 12.1. The fraction of sp³-hybridized carbons (Fsp3) is 0.583. The van der Waals surface area contributed by atoms with E-state index in [4.69, 9.17) is 11.6 Å². The molecule has 2 fully saturated rings. The lowest BCUT2D eigenvalue weighted by molar-refractivity contribution is 0.0935. The van der Waals surface area contributed by atoms with E-state index in [-0.39, 0.29) is 5.91 Å². The number of amides is 1. The highest BCUT2D eigenvalue weighted by atomic mass is 35.5. The zero-order valence-electron chi connectivity index (χ0n) is 9.63. The maximum Gasteiger partial charge on any atom is 0.261 e. The van der Waals surface area contributed by atoms with E-state index in [1.54, 1.807) is 0 Å². The zero-order valence-corrected chi connectivity index (χ0v) is 11.2. The molecule has 0 radical (unpaired) electrons. The third-order valence-corrected chi connectivity index (χ3v) is 5.25. The summed E-state index contributed by atoms with van der Waals surface area (Å²) in [5.41, 5.74) is 0.980. The van der Waals surface area contributed by atoms with Crippen molar-refractivity contribution in [3.8, 4) is 0 Å². The van der Waals surface area contributed by atoms with Gasteiger partial charge in [0.25, 0.3) is 5.91 Å². The van der Waals surface area contributed by atoms with Gasteiger partial charge in [0.1, 0.15) is 0 Å². The van der Waals surface area contributed by atoms with Gasteiger partial charge in [-0.15, -0.1) is 11.3 Å². The average molecular weight is 271 g/mol. The second kappa shape index (κ2) is 4.26. The summed E-state index contributed by atoms with van der Waals surface area (Å²) >= 11 is 7.34. The minimum absolute atomic E-state index is 0.0179. The van der Waals surface area contributed by atoms with Crippen LogP contribution in [0.15, 0.2) is 6.07 Å². The van der Waals surface area contributed by atoms with Crippen molar-refractivity contribution < 1.29 is 4.79 Å². The van der Waals surface area contributed by atoms with E-state index < -0.39 is 0 Å². The zero-order chi connectivity index (χ0) is 12.0. The van der Waals surface area contributed by atoms with Gasteiger partial charge in [-0.25, -0.2) is 0 Å². The van der Waals surface area contributed by atoms with E-state index in [1.807, 2.05) is 13.0 Å². The van der Waals surface area contributed by atoms with Gasteiger partial charge in [0, 0.05) is 18.1 Å². The molecule has 3 heterocycles. The number of thiophene rings is 1. The molecule has 2 bridgehead atoms. The second-order valence-corrected chi connectivity index (χ2v) is 6.58.